The monoisotopic (exact) mass is 426 g/mol. The van der Waals surface area contributed by atoms with Crippen LogP contribution < -0.4 is 10.6 Å². The maximum atomic E-state index is 12.0. The van der Waals surface area contributed by atoms with E-state index in [9.17, 15) is 14.7 Å². The first-order chi connectivity index (χ1) is 11.3. The summed E-state index contributed by atoms with van der Waals surface area (Å²) in [6, 6.07) is 11.6. The molecule has 0 heterocycles. The molecule has 0 aromatic heterocycles. The Labute approximate surface area is 157 Å². The van der Waals surface area contributed by atoms with E-state index in [1.54, 1.807) is 36.4 Å². The summed E-state index contributed by atoms with van der Waals surface area (Å²) in [6.45, 7) is 0. The highest BCUT2D eigenvalue weighted by atomic mass is 79.9. The normalized spacial score (nSPS) is 10.1. The quantitative estimate of drug-likeness (QED) is 0.646. The topological polar surface area (TPSA) is 78.4 Å². The van der Waals surface area contributed by atoms with Crippen LogP contribution in [0.5, 0.6) is 0 Å². The predicted molar refractivity (Wildman–Crippen MR) is 101 cm³/mol. The van der Waals surface area contributed by atoms with E-state index in [0.717, 1.165) is 5.56 Å². The van der Waals surface area contributed by atoms with Crippen molar-refractivity contribution >= 4 is 62.4 Å². The molecule has 0 spiro atoms. The first kappa shape index (κ1) is 18.4. The van der Waals surface area contributed by atoms with Gasteiger partial charge in [0.15, 0.2) is 5.11 Å². The van der Waals surface area contributed by atoms with Crippen LogP contribution in [0.25, 0.3) is 0 Å². The molecule has 0 saturated carbocycles. The highest BCUT2D eigenvalue weighted by molar-refractivity contribution is 9.10. The Bertz CT molecular complexity index is 796. The van der Waals surface area contributed by atoms with Crippen LogP contribution in [0.1, 0.15) is 15.9 Å². The summed E-state index contributed by atoms with van der Waals surface area (Å²) in [7, 11) is 0. The Hall–Kier alpha value is -1.96. The average Bonchev–Trinajstić information content (AvgIpc) is 2.51. The maximum Gasteiger partial charge on any atom is 0.337 e. The molecule has 124 valence electrons. The van der Waals surface area contributed by atoms with Gasteiger partial charge in [-0.1, -0.05) is 39.7 Å². The lowest BCUT2D eigenvalue weighted by Gasteiger charge is -2.12. The van der Waals surface area contributed by atoms with Crippen molar-refractivity contribution in [3.05, 3.63) is 63.1 Å². The van der Waals surface area contributed by atoms with E-state index in [1.165, 1.54) is 6.07 Å². The van der Waals surface area contributed by atoms with Crippen LogP contribution in [-0.2, 0) is 11.2 Å². The number of benzene rings is 2. The number of carbonyl (C=O) groups excluding carboxylic acids is 1. The molecule has 0 bridgehead atoms. The standard InChI is InChI=1S/C16H12BrClN2O3S/c17-10-3-6-13(12(8-10)15(22)23)19-16(24)20-14(21)7-9-1-4-11(18)5-2-9/h1-6,8H,7H2,(H,22,23)(H2,19,20,21,24). The molecule has 0 aliphatic heterocycles. The van der Waals surface area contributed by atoms with Crippen LogP contribution >= 0.6 is 39.7 Å². The fourth-order valence-corrected chi connectivity index (χ4v) is 2.63. The minimum atomic E-state index is -1.10. The number of carboxylic acid groups (broad SMARTS) is 1. The van der Waals surface area contributed by atoms with Crippen LogP contribution in [0, 0.1) is 0 Å². The number of rotatable bonds is 4. The molecule has 24 heavy (non-hydrogen) atoms. The lowest BCUT2D eigenvalue weighted by Crippen LogP contribution is -2.35. The third-order valence-corrected chi connectivity index (χ3v) is 3.94. The second-order valence-corrected chi connectivity index (χ2v) is 6.56. The van der Waals surface area contributed by atoms with E-state index in [4.69, 9.17) is 23.8 Å². The van der Waals surface area contributed by atoms with Crippen LogP contribution in [0.4, 0.5) is 5.69 Å². The molecule has 2 aromatic rings. The van der Waals surface area contributed by atoms with Gasteiger partial charge in [0.05, 0.1) is 17.7 Å². The Balaban J connectivity index is 1.99. The molecule has 0 atom stereocenters. The third-order valence-electron chi connectivity index (χ3n) is 2.99. The van der Waals surface area contributed by atoms with Crippen molar-refractivity contribution < 1.29 is 14.7 Å². The molecule has 2 aromatic carbocycles. The van der Waals surface area contributed by atoms with Gasteiger partial charge in [-0.2, -0.15) is 0 Å². The maximum absolute atomic E-state index is 12.0. The minimum Gasteiger partial charge on any atom is -0.478 e. The Morgan fingerprint density at radius 1 is 1.17 bits per heavy atom. The summed E-state index contributed by atoms with van der Waals surface area (Å²) in [5.41, 5.74) is 1.12. The molecule has 0 fully saturated rings. The van der Waals surface area contributed by atoms with Gasteiger partial charge in [-0.15, -0.1) is 0 Å². The lowest BCUT2D eigenvalue weighted by molar-refractivity contribution is -0.119. The van der Waals surface area contributed by atoms with Crippen molar-refractivity contribution in [1.29, 1.82) is 0 Å². The van der Waals surface area contributed by atoms with Gasteiger partial charge in [0.25, 0.3) is 0 Å². The first-order valence-corrected chi connectivity index (χ1v) is 8.31. The van der Waals surface area contributed by atoms with E-state index in [1.807, 2.05) is 0 Å². The second-order valence-electron chi connectivity index (χ2n) is 4.80. The number of thiocarbonyl (C=S) groups is 1. The summed E-state index contributed by atoms with van der Waals surface area (Å²) in [5, 5.41) is 15.1. The molecular weight excluding hydrogens is 416 g/mol. The second kappa shape index (κ2) is 8.23. The van der Waals surface area contributed by atoms with E-state index >= 15 is 0 Å². The number of carboxylic acids is 1. The number of hydrogen-bond acceptors (Lipinski definition) is 3. The summed E-state index contributed by atoms with van der Waals surface area (Å²) in [4.78, 5) is 23.2. The van der Waals surface area contributed by atoms with Gasteiger partial charge in [-0.25, -0.2) is 4.79 Å². The molecular formula is C16H12BrClN2O3S. The number of aromatic carboxylic acids is 1. The summed E-state index contributed by atoms with van der Waals surface area (Å²) >= 11 is 14.1. The predicted octanol–water partition coefficient (Wildman–Crippen LogP) is 3.86. The van der Waals surface area contributed by atoms with Crippen molar-refractivity contribution in [2.45, 2.75) is 6.42 Å². The van der Waals surface area contributed by atoms with Crippen molar-refractivity contribution in [2.24, 2.45) is 0 Å². The molecule has 3 N–H and O–H groups in total. The Morgan fingerprint density at radius 3 is 2.46 bits per heavy atom. The van der Waals surface area contributed by atoms with E-state index in [2.05, 4.69) is 26.6 Å². The molecule has 8 heteroatoms. The molecule has 2 rings (SSSR count). The van der Waals surface area contributed by atoms with E-state index in [-0.39, 0.29) is 23.0 Å². The van der Waals surface area contributed by atoms with Gasteiger partial charge >= 0.3 is 5.97 Å². The zero-order valence-electron chi connectivity index (χ0n) is 12.2. The number of carbonyl (C=O) groups is 2. The summed E-state index contributed by atoms with van der Waals surface area (Å²) < 4.78 is 0.628. The van der Waals surface area contributed by atoms with Crippen LogP contribution in [0.2, 0.25) is 5.02 Å². The molecule has 0 unspecified atom stereocenters. The van der Waals surface area contributed by atoms with Gasteiger partial charge in [0.1, 0.15) is 0 Å². The van der Waals surface area contributed by atoms with Crippen LogP contribution in [-0.4, -0.2) is 22.1 Å². The highest BCUT2D eigenvalue weighted by Crippen LogP contribution is 2.21. The summed E-state index contributed by atoms with van der Waals surface area (Å²) in [6.07, 6.45) is 0.130. The molecule has 0 aliphatic carbocycles. The fraction of sp³-hybridized carbons (Fsp3) is 0.0625. The number of nitrogens with one attached hydrogen (secondary N) is 2. The molecule has 5 nitrogen and oxygen atoms in total. The van der Waals surface area contributed by atoms with Crippen LogP contribution in [0.15, 0.2) is 46.9 Å². The number of amides is 1. The SMILES string of the molecule is O=C(Cc1ccc(Cl)cc1)NC(=S)Nc1ccc(Br)cc1C(=O)O. The lowest BCUT2D eigenvalue weighted by atomic mass is 10.1. The van der Waals surface area contributed by atoms with Crippen molar-refractivity contribution in [2.75, 3.05) is 5.32 Å². The molecule has 0 radical (unpaired) electrons. The average molecular weight is 428 g/mol. The minimum absolute atomic E-state index is 0.0267. The van der Waals surface area contributed by atoms with Gasteiger partial charge in [0, 0.05) is 9.50 Å². The van der Waals surface area contributed by atoms with Crippen molar-refractivity contribution in [3.63, 3.8) is 0 Å². The van der Waals surface area contributed by atoms with Gasteiger partial charge in [0.2, 0.25) is 5.91 Å². The zero-order chi connectivity index (χ0) is 17.7. The van der Waals surface area contributed by atoms with Crippen molar-refractivity contribution in [1.82, 2.24) is 5.32 Å². The number of hydrogen-bond donors (Lipinski definition) is 3. The largest absolute Gasteiger partial charge is 0.478 e. The fourth-order valence-electron chi connectivity index (χ4n) is 1.91. The number of anilines is 1. The van der Waals surface area contributed by atoms with E-state index < -0.39 is 5.97 Å². The van der Waals surface area contributed by atoms with Gasteiger partial charge < -0.3 is 15.7 Å². The van der Waals surface area contributed by atoms with Crippen LogP contribution in [0.3, 0.4) is 0 Å². The Morgan fingerprint density at radius 2 is 1.83 bits per heavy atom. The van der Waals surface area contributed by atoms with Gasteiger partial charge in [-0.3, -0.25) is 4.79 Å². The highest BCUT2D eigenvalue weighted by Gasteiger charge is 2.13. The van der Waals surface area contributed by atoms with Gasteiger partial charge in [-0.05, 0) is 48.1 Å². The molecule has 0 saturated heterocycles. The van der Waals surface area contributed by atoms with E-state index in [0.29, 0.717) is 15.2 Å². The molecule has 1 amide bonds. The Kier molecular flexibility index (Phi) is 6.30. The smallest absolute Gasteiger partial charge is 0.337 e. The molecule has 0 aliphatic rings. The zero-order valence-corrected chi connectivity index (χ0v) is 15.3. The first-order valence-electron chi connectivity index (χ1n) is 6.73. The summed E-state index contributed by atoms with van der Waals surface area (Å²) in [5.74, 6) is -1.42. The van der Waals surface area contributed by atoms with Crippen molar-refractivity contribution in [3.8, 4) is 0 Å². The third kappa shape index (κ3) is 5.30. The number of halogens is 2.